The van der Waals surface area contributed by atoms with E-state index in [0.717, 1.165) is 13.1 Å². The summed E-state index contributed by atoms with van der Waals surface area (Å²) in [5.74, 6) is 0. The van der Waals surface area contributed by atoms with Crippen LogP contribution in [0.3, 0.4) is 0 Å². The zero-order valence-electron chi connectivity index (χ0n) is 6.16. The maximum absolute atomic E-state index is 11.1. The average molecular weight is 150 g/mol. The zero-order valence-corrected chi connectivity index (χ0v) is 6.16. The number of amides is 2. The third-order valence-corrected chi connectivity index (χ3v) is 1.98. The molecule has 58 valence electrons. The molecule has 0 spiro atoms. The van der Waals surface area contributed by atoms with Crippen molar-refractivity contribution >= 4 is 6.03 Å². The number of urea groups is 1. The van der Waals surface area contributed by atoms with E-state index in [4.69, 9.17) is 0 Å². The fraction of sp³-hybridized carbons (Fsp3) is 0.375. The van der Waals surface area contributed by atoms with Gasteiger partial charge in [0.1, 0.15) is 0 Å². The molecule has 2 aliphatic rings. The largest absolute Gasteiger partial charge is 0.336 e. The summed E-state index contributed by atoms with van der Waals surface area (Å²) in [4.78, 5) is 12.9. The first-order valence-corrected chi connectivity index (χ1v) is 3.77. The van der Waals surface area contributed by atoms with Crippen LogP contribution in [0.5, 0.6) is 0 Å². The van der Waals surface area contributed by atoms with E-state index in [1.54, 1.807) is 0 Å². The zero-order chi connectivity index (χ0) is 7.68. The first kappa shape index (κ1) is 6.46. The third kappa shape index (κ3) is 1.02. The van der Waals surface area contributed by atoms with E-state index in [2.05, 4.69) is 5.32 Å². The van der Waals surface area contributed by atoms with E-state index in [1.807, 2.05) is 29.2 Å². The Balaban J connectivity index is 2.09. The molecule has 1 N–H and O–H groups in total. The second-order valence-corrected chi connectivity index (χ2v) is 2.69. The molecule has 1 heterocycles. The Morgan fingerprint density at radius 3 is 2.73 bits per heavy atom. The van der Waals surface area contributed by atoms with Gasteiger partial charge >= 0.3 is 6.03 Å². The highest BCUT2D eigenvalue weighted by molar-refractivity contribution is 5.77. The topological polar surface area (TPSA) is 32.3 Å². The lowest BCUT2D eigenvalue weighted by molar-refractivity contribution is 0.215. The van der Waals surface area contributed by atoms with Crippen LogP contribution < -0.4 is 5.32 Å². The van der Waals surface area contributed by atoms with Crippen molar-refractivity contribution in [1.29, 1.82) is 0 Å². The van der Waals surface area contributed by atoms with Crippen LogP contribution in [0.4, 0.5) is 4.79 Å². The lowest BCUT2D eigenvalue weighted by Crippen LogP contribution is -2.34. The summed E-state index contributed by atoms with van der Waals surface area (Å²) in [5.41, 5.74) is 0. The van der Waals surface area contributed by atoms with E-state index in [-0.39, 0.29) is 12.1 Å². The molecule has 2 amide bonds. The van der Waals surface area contributed by atoms with Gasteiger partial charge in [-0.15, -0.1) is 0 Å². The quantitative estimate of drug-likeness (QED) is 0.580. The minimum absolute atomic E-state index is 0.0474. The van der Waals surface area contributed by atoms with E-state index in [9.17, 15) is 4.79 Å². The molecule has 0 unspecified atom stereocenters. The van der Waals surface area contributed by atoms with E-state index in [0.29, 0.717) is 0 Å². The number of carbonyl (C=O) groups is 1. The number of carbonyl (C=O) groups excluding carboxylic acids is 1. The number of nitrogens with zero attached hydrogens (tertiary/aromatic N) is 1. The molecule has 0 aromatic rings. The van der Waals surface area contributed by atoms with Gasteiger partial charge in [0.25, 0.3) is 0 Å². The van der Waals surface area contributed by atoms with Gasteiger partial charge in [-0.05, 0) is 0 Å². The molecule has 1 saturated heterocycles. The molecule has 0 bridgehead atoms. The van der Waals surface area contributed by atoms with E-state index >= 15 is 0 Å². The molecule has 0 aromatic heterocycles. The van der Waals surface area contributed by atoms with Gasteiger partial charge in [-0.1, -0.05) is 24.3 Å². The summed E-state index contributed by atoms with van der Waals surface area (Å²) in [6.07, 6.45) is 7.97. The normalized spacial score (nSPS) is 23.3. The maximum Gasteiger partial charge on any atom is 0.318 e. The summed E-state index contributed by atoms with van der Waals surface area (Å²) in [6.45, 7) is 1.59. The minimum atomic E-state index is 0.0474. The monoisotopic (exact) mass is 150 g/mol. The van der Waals surface area contributed by atoms with Crippen LogP contribution in [0.1, 0.15) is 0 Å². The summed E-state index contributed by atoms with van der Waals surface area (Å²) in [5, 5.41) is 2.77. The smallest absolute Gasteiger partial charge is 0.318 e. The molecule has 0 saturated carbocycles. The lowest BCUT2D eigenvalue weighted by atomic mass is 10.3. The molecule has 1 aliphatic heterocycles. The van der Waals surface area contributed by atoms with Crippen molar-refractivity contribution in [3.8, 4) is 0 Å². The fourth-order valence-electron chi connectivity index (χ4n) is 1.40. The van der Waals surface area contributed by atoms with Crippen LogP contribution in [0, 0.1) is 0 Å². The predicted molar refractivity (Wildman–Crippen MR) is 42.2 cm³/mol. The van der Waals surface area contributed by atoms with Crippen LogP contribution >= 0.6 is 0 Å². The van der Waals surface area contributed by atoms with Gasteiger partial charge in [0, 0.05) is 13.1 Å². The first-order chi connectivity index (χ1) is 5.38. The minimum Gasteiger partial charge on any atom is -0.336 e. The van der Waals surface area contributed by atoms with Crippen molar-refractivity contribution in [2.24, 2.45) is 0 Å². The summed E-state index contributed by atoms with van der Waals surface area (Å²) < 4.78 is 0. The molecule has 1 fully saturated rings. The Labute approximate surface area is 65.4 Å². The van der Waals surface area contributed by atoms with Gasteiger partial charge in [0.2, 0.25) is 0 Å². The highest BCUT2D eigenvalue weighted by Crippen LogP contribution is 2.11. The van der Waals surface area contributed by atoms with Gasteiger partial charge in [-0.3, -0.25) is 0 Å². The number of hydrogen-bond acceptors (Lipinski definition) is 1. The standard InChI is InChI=1S/C8H10N2O/c11-8-9-5-6-10(8)7-3-1-2-4-7/h1-4,7H,5-6H2,(H,9,11). The average Bonchev–Trinajstić information content (AvgIpc) is 2.55. The van der Waals surface area contributed by atoms with Gasteiger partial charge in [-0.2, -0.15) is 0 Å². The molecule has 3 nitrogen and oxygen atoms in total. The lowest BCUT2D eigenvalue weighted by Gasteiger charge is -2.18. The first-order valence-electron chi connectivity index (χ1n) is 3.77. The summed E-state index contributed by atoms with van der Waals surface area (Å²) >= 11 is 0. The predicted octanol–water partition coefficient (Wildman–Crippen LogP) is 0.506. The highest BCUT2D eigenvalue weighted by atomic mass is 16.2. The third-order valence-electron chi connectivity index (χ3n) is 1.98. The Hall–Kier alpha value is -1.25. The van der Waals surface area contributed by atoms with E-state index < -0.39 is 0 Å². The van der Waals surface area contributed by atoms with Crippen LogP contribution in [0.15, 0.2) is 24.3 Å². The Bertz CT molecular complexity index is 220. The SMILES string of the molecule is O=C1NCCN1C1C=CC=C1. The maximum atomic E-state index is 11.1. The van der Waals surface area contributed by atoms with Crippen LogP contribution in [-0.2, 0) is 0 Å². The van der Waals surface area contributed by atoms with Crippen molar-refractivity contribution in [1.82, 2.24) is 10.2 Å². The molecule has 3 heteroatoms. The van der Waals surface area contributed by atoms with Crippen LogP contribution in [0.25, 0.3) is 0 Å². The molecule has 0 radical (unpaired) electrons. The summed E-state index contributed by atoms with van der Waals surface area (Å²) in [6, 6.07) is 0.240. The van der Waals surface area contributed by atoms with Crippen LogP contribution in [0.2, 0.25) is 0 Å². The second-order valence-electron chi connectivity index (χ2n) is 2.69. The summed E-state index contributed by atoms with van der Waals surface area (Å²) in [7, 11) is 0. The molecule has 2 rings (SSSR count). The molecule has 0 atom stereocenters. The van der Waals surface area contributed by atoms with Crippen molar-refractivity contribution in [3.63, 3.8) is 0 Å². The van der Waals surface area contributed by atoms with Crippen molar-refractivity contribution in [2.75, 3.05) is 13.1 Å². The van der Waals surface area contributed by atoms with Gasteiger partial charge in [0.15, 0.2) is 0 Å². The van der Waals surface area contributed by atoms with Crippen LogP contribution in [-0.4, -0.2) is 30.1 Å². The number of nitrogens with one attached hydrogen (secondary N) is 1. The van der Waals surface area contributed by atoms with Crippen molar-refractivity contribution < 1.29 is 4.79 Å². The number of rotatable bonds is 1. The molecular weight excluding hydrogens is 140 g/mol. The molecule has 1 aliphatic carbocycles. The van der Waals surface area contributed by atoms with E-state index in [1.165, 1.54) is 0 Å². The van der Waals surface area contributed by atoms with Gasteiger partial charge < -0.3 is 10.2 Å². The molecule has 0 aromatic carbocycles. The van der Waals surface area contributed by atoms with Gasteiger partial charge in [-0.25, -0.2) is 4.79 Å². The number of allylic oxidation sites excluding steroid dienone is 2. The highest BCUT2D eigenvalue weighted by Gasteiger charge is 2.24. The molecule has 11 heavy (non-hydrogen) atoms. The fourth-order valence-corrected chi connectivity index (χ4v) is 1.40. The van der Waals surface area contributed by atoms with Crippen molar-refractivity contribution in [3.05, 3.63) is 24.3 Å². The van der Waals surface area contributed by atoms with Gasteiger partial charge in [0.05, 0.1) is 6.04 Å². The molecular formula is C8H10N2O. The number of hydrogen-bond donors (Lipinski definition) is 1. The Morgan fingerprint density at radius 1 is 1.45 bits per heavy atom. The second kappa shape index (κ2) is 2.42. The Kier molecular flexibility index (Phi) is 1.42. The Morgan fingerprint density at radius 2 is 2.18 bits per heavy atom. The van der Waals surface area contributed by atoms with Crippen molar-refractivity contribution in [2.45, 2.75) is 6.04 Å².